The molecule has 0 aliphatic heterocycles. The van der Waals surface area contributed by atoms with E-state index in [1.54, 1.807) is 24.7 Å². The molecule has 4 rings (SSSR count). The number of hydrogen-bond donors (Lipinski definition) is 3. The largest absolute Gasteiger partial charge is 0.393 e. The van der Waals surface area contributed by atoms with Crippen molar-refractivity contribution in [3.05, 3.63) is 45.8 Å². The van der Waals surface area contributed by atoms with Crippen molar-refractivity contribution in [2.45, 2.75) is 44.8 Å². The summed E-state index contributed by atoms with van der Waals surface area (Å²) < 4.78 is 17.3. The molecule has 2 heterocycles. The topological polar surface area (TPSA) is 128 Å². The highest BCUT2D eigenvalue weighted by molar-refractivity contribution is 5.94. The molecule has 0 spiro atoms. The molecule has 30 heavy (non-hydrogen) atoms. The van der Waals surface area contributed by atoms with Gasteiger partial charge in [0.1, 0.15) is 11.3 Å². The van der Waals surface area contributed by atoms with Crippen LogP contribution in [0, 0.1) is 12.7 Å². The highest BCUT2D eigenvalue weighted by atomic mass is 19.1. The van der Waals surface area contributed by atoms with E-state index in [4.69, 9.17) is 5.73 Å². The number of imidazole rings is 1. The first-order valence-corrected chi connectivity index (χ1v) is 9.75. The Morgan fingerprint density at radius 2 is 2.00 bits per heavy atom. The zero-order chi connectivity index (χ0) is 21.6. The summed E-state index contributed by atoms with van der Waals surface area (Å²) in [5.41, 5.74) is 6.86. The van der Waals surface area contributed by atoms with Gasteiger partial charge in [-0.2, -0.15) is 4.98 Å². The van der Waals surface area contributed by atoms with Gasteiger partial charge in [0.25, 0.3) is 5.91 Å². The molecular weight excluding hydrogens is 391 g/mol. The van der Waals surface area contributed by atoms with Gasteiger partial charge in [0.15, 0.2) is 5.65 Å². The number of halogens is 1. The Hall–Kier alpha value is -3.27. The molecule has 0 bridgehead atoms. The average Bonchev–Trinajstić information content (AvgIpc) is 2.95. The Balaban J connectivity index is 1.73. The minimum Gasteiger partial charge on any atom is -0.393 e. The molecule has 2 aromatic heterocycles. The SMILES string of the molecule is Cc1cc(C(N)=O)c(F)cc1Nc1ncc2c(n1)n(C1CCC(O)CC1)c(=O)n2C. The third-order valence-electron chi connectivity index (χ3n) is 5.69. The van der Waals surface area contributed by atoms with Gasteiger partial charge in [0, 0.05) is 18.8 Å². The van der Waals surface area contributed by atoms with Gasteiger partial charge in [-0.3, -0.25) is 13.9 Å². The monoisotopic (exact) mass is 414 g/mol. The minimum atomic E-state index is -0.842. The second kappa shape index (κ2) is 7.52. The number of nitrogens with one attached hydrogen (secondary N) is 1. The van der Waals surface area contributed by atoms with Crippen molar-refractivity contribution in [1.82, 2.24) is 19.1 Å². The normalized spacial score (nSPS) is 19.2. The Bertz CT molecular complexity index is 1190. The fraction of sp³-hybridized carbons (Fsp3) is 0.400. The Kier molecular flexibility index (Phi) is 5.02. The van der Waals surface area contributed by atoms with Crippen molar-refractivity contribution < 1.29 is 14.3 Å². The van der Waals surface area contributed by atoms with Gasteiger partial charge in [-0.25, -0.2) is 14.2 Å². The van der Waals surface area contributed by atoms with E-state index in [1.807, 2.05) is 0 Å². The summed E-state index contributed by atoms with van der Waals surface area (Å²) in [5.74, 6) is -1.38. The zero-order valence-electron chi connectivity index (χ0n) is 16.7. The minimum absolute atomic E-state index is 0.0543. The maximum absolute atomic E-state index is 14.2. The number of aliphatic hydroxyl groups is 1. The van der Waals surface area contributed by atoms with E-state index in [2.05, 4.69) is 15.3 Å². The second-order valence-electron chi connectivity index (χ2n) is 7.71. The molecule has 1 aromatic carbocycles. The summed E-state index contributed by atoms with van der Waals surface area (Å²) >= 11 is 0. The van der Waals surface area contributed by atoms with Crippen molar-refractivity contribution in [2.75, 3.05) is 5.32 Å². The zero-order valence-corrected chi connectivity index (χ0v) is 16.7. The lowest BCUT2D eigenvalue weighted by Gasteiger charge is -2.26. The van der Waals surface area contributed by atoms with Crippen LogP contribution in [0.2, 0.25) is 0 Å². The first-order chi connectivity index (χ1) is 14.3. The summed E-state index contributed by atoms with van der Waals surface area (Å²) in [6.07, 6.45) is 3.85. The summed E-state index contributed by atoms with van der Waals surface area (Å²) in [5, 5.41) is 12.7. The van der Waals surface area contributed by atoms with Crippen molar-refractivity contribution in [3.63, 3.8) is 0 Å². The van der Waals surface area contributed by atoms with E-state index < -0.39 is 11.7 Å². The molecule has 1 amide bonds. The molecule has 1 fully saturated rings. The predicted octanol–water partition coefficient (Wildman–Crippen LogP) is 1.90. The number of aryl methyl sites for hydroxylation is 2. The number of aromatic nitrogens is 4. The van der Waals surface area contributed by atoms with Gasteiger partial charge in [-0.05, 0) is 50.3 Å². The number of rotatable bonds is 4. The summed E-state index contributed by atoms with van der Waals surface area (Å²) in [6, 6.07) is 2.48. The molecule has 0 atom stereocenters. The number of aliphatic hydroxyl groups excluding tert-OH is 1. The maximum atomic E-state index is 14.2. The molecule has 9 nitrogen and oxygen atoms in total. The van der Waals surface area contributed by atoms with Gasteiger partial charge in [0.05, 0.1) is 17.9 Å². The standard InChI is InChI=1S/C20H23FN6O3/c1-10-7-13(17(22)29)14(21)8-15(10)24-19-23-9-16-18(25-19)27(20(30)26(16)2)11-3-5-12(28)6-4-11/h7-9,11-12,28H,3-6H2,1-2H3,(H2,22,29)(H,23,24,25). The average molecular weight is 414 g/mol. The molecule has 0 radical (unpaired) electrons. The molecule has 0 saturated heterocycles. The van der Waals surface area contributed by atoms with E-state index in [1.165, 1.54) is 16.7 Å². The highest BCUT2D eigenvalue weighted by Gasteiger charge is 2.26. The number of nitrogens with zero attached hydrogens (tertiary/aromatic N) is 4. The number of benzene rings is 1. The summed E-state index contributed by atoms with van der Waals surface area (Å²) in [6.45, 7) is 1.71. The van der Waals surface area contributed by atoms with Crippen LogP contribution in [-0.2, 0) is 7.05 Å². The molecule has 4 N–H and O–H groups in total. The number of hydrogen-bond acceptors (Lipinski definition) is 6. The first-order valence-electron chi connectivity index (χ1n) is 9.75. The van der Waals surface area contributed by atoms with Crippen molar-refractivity contribution in [3.8, 4) is 0 Å². The maximum Gasteiger partial charge on any atom is 0.330 e. The third-order valence-corrected chi connectivity index (χ3v) is 5.69. The van der Waals surface area contributed by atoms with Gasteiger partial charge in [-0.1, -0.05) is 0 Å². The van der Waals surface area contributed by atoms with Gasteiger partial charge >= 0.3 is 5.69 Å². The number of carbonyl (C=O) groups is 1. The van der Waals surface area contributed by atoms with E-state index in [0.717, 1.165) is 0 Å². The number of amides is 1. The molecule has 158 valence electrons. The Morgan fingerprint density at radius 3 is 2.67 bits per heavy atom. The van der Waals surface area contributed by atoms with Crippen molar-refractivity contribution >= 4 is 28.7 Å². The molecule has 3 aromatic rings. The number of carbonyl (C=O) groups excluding carboxylic acids is 1. The smallest absolute Gasteiger partial charge is 0.330 e. The molecule has 1 saturated carbocycles. The summed E-state index contributed by atoms with van der Waals surface area (Å²) in [7, 11) is 1.66. The quantitative estimate of drug-likeness (QED) is 0.598. The lowest BCUT2D eigenvalue weighted by molar-refractivity contribution is 0.0996. The Labute approximate surface area is 171 Å². The van der Waals surface area contributed by atoms with Crippen LogP contribution < -0.4 is 16.7 Å². The molecular formula is C20H23FN6O3. The van der Waals surface area contributed by atoms with Crippen LogP contribution in [0.25, 0.3) is 11.2 Å². The molecule has 1 aliphatic rings. The van der Waals surface area contributed by atoms with Crippen LogP contribution in [0.4, 0.5) is 16.0 Å². The van der Waals surface area contributed by atoms with Crippen LogP contribution >= 0.6 is 0 Å². The van der Waals surface area contributed by atoms with Crippen LogP contribution in [0.3, 0.4) is 0 Å². The highest BCUT2D eigenvalue weighted by Crippen LogP contribution is 2.30. The van der Waals surface area contributed by atoms with Crippen LogP contribution in [-0.4, -0.2) is 36.2 Å². The third kappa shape index (κ3) is 3.43. The fourth-order valence-electron chi connectivity index (χ4n) is 3.97. The second-order valence-corrected chi connectivity index (χ2v) is 7.71. The lowest BCUT2D eigenvalue weighted by Crippen LogP contribution is -2.30. The van der Waals surface area contributed by atoms with E-state index in [-0.39, 0.29) is 29.3 Å². The number of nitrogens with two attached hydrogens (primary N) is 1. The van der Waals surface area contributed by atoms with Gasteiger partial charge < -0.3 is 16.2 Å². The van der Waals surface area contributed by atoms with Crippen LogP contribution in [0.5, 0.6) is 0 Å². The van der Waals surface area contributed by atoms with E-state index >= 15 is 0 Å². The first kappa shape index (κ1) is 20.0. The van der Waals surface area contributed by atoms with Crippen LogP contribution in [0.15, 0.2) is 23.1 Å². The fourth-order valence-corrected chi connectivity index (χ4v) is 3.97. The number of anilines is 2. The van der Waals surface area contributed by atoms with Gasteiger partial charge in [0.2, 0.25) is 5.95 Å². The summed E-state index contributed by atoms with van der Waals surface area (Å²) in [4.78, 5) is 32.9. The van der Waals surface area contributed by atoms with E-state index in [0.29, 0.717) is 48.1 Å². The van der Waals surface area contributed by atoms with Gasteiger partial charge in [-0.15, -0.1) is 0 Å². The Morgan fingerprint density at radius 1 is 1.30 bits per heavy atom. The molecule has 1 aliphatic carbocycles. The predicted molar refractivity (Wildman–Crippen MR) is 109 cm³/mol. The molecule has 10 heteroatoms. The molecule has 0 unspecified atom stereocenters. The number of fused-ring (bicyclic) bond motifs is 1. The van der Waals surface area contributed by atoms with Crippen LogP contribution in [0.1, 0.15) is 47.6 Å². The van der Waals surface area contributed by atoms with Crippen molar-refractivity contribution in [2.24, 2.45) is 12.8 Å². The lowest BCUT2D eigenvalue weighted by atomic mass is 9.93. The van der Waals surface area contributed by atoms with E-state index in [9.17, 15) is 19.1 Å². The number of primary amides is 1. The van der Waals surface area contributed by atoms with Crippen molar-refractivity contribution in [1.29, 1.82) is 0 Å².